The Morgan fingerprint density at radius 2 is 1.50 bits per heavy atom. The maximum absolute atomic E-state index is 10.8. The van der Waals surface area contributed by atoms with Crippen molar-refractivity contribution in [1.82, 2.24) is 5.32 Å². The van der Waals surface area contributed by atoms with Gasteiger partial charge in [-0.25, -0.2) is 0 Å². The van der Waals surface area contributed by atoms with Crippen molar-refractivity contribution in [2.45, 2.75) is 46.1 Å². The summed E-state index contributed by atoms with van der Waals surface area (Å²) in [5, 5.41) is 2.89. The largest absolute Gasteiger partial charge is 0.354 e. The van der Waals surface area contributed by atoms with Gasteiger partial charge in [0, 0.05) is 12.5 Å². The van der Waals surface area contributed by atoms with Crippen molar-refractivity contribution in [3.05, 3.63) is 36.4 Å². The molecule has 2 heteroatoms. The first kappa shape index (κ1) is 14.7. The molecule has 16 heavy (non-hydrogen) atoms. The van der Waals surface area contributed by atoms with Crippen molar-refractivity contribution in [2.75, 3.05) is 0 Å². The molecule has 1 atom stereocenters. The van der Waals surface area contributed by atoms with Crippen LogP contribution in [0.3, 0.4) is 0 Å². The zero-order valence-corrected chi connectivity index (χ0v) is 10.6. The molecular formula is C14H23NO. The van der Waals surface area contributed by atoms with E-state index in [1.54, 1.807) is 0 Å². The lowest BCUT2D eigenvalue weighted by atomic mass is 10.2. The van der Waals surface area contributed by atoms with Gasteiger partial charge in [0.25, 0.3) is 0 Å². The van der Waals surface area contributed by atoms with Crippen LogP contribution in [0.2, 0.25) is 0 Å². The van der Waals surface area contributed by atoms with Crippen LogP contribution in [0.1, 0.15) is 40.0 Å². The first-order chi connectivity index (χ1) is 7.70. The molecule has 1 aromatic carbocycles. The summed E-state index contributed by atoms with van der Waals surface area (Å²) in [6, 6.07) is 12.3. The van der Waals surface area contributed by atoms with E-state index in [2.05, 4.69) is 12.2 Å². The highest BCUT2D eigenvalue weighted by Crippen LogP contribution is 1.94. The summed E-state index contributed by atoms with van der Waals surface area (Å²) >= 11 is 0. The predicted molar refractivity (Wildman–Crippen MR) is 69.2 cm³/mol. The molecule has 0 saturated carbocycles. The zero-order chi connectivity index (χ0) is 12.2. The lowest BCUT2D eigenvalue weighted by molar-refractivity contribution is -0.121. The van der Waals surface area contributed by atoms with Crippen molar-refractivity contribution < 1.29 is 4.79 Å². The van der Waals surface area contributed by atoms with Gasteiger partial charge in [-0.1, -0.05) is 56.7 Å². The molecule has 0 fully saturated rings. The van der Waals surface area contributed by atoms with Crippen molar-refractivity contribution in [2.24, 2.45) is 0 Å². The van der Waals surface area contributed by atoms with Crippen LogP contribution in [0.25, 0.3) is 0 Å². The summed E-state index contributed by atoms with van der Waals surface area (Å²) in [7, 11) is 0. The van der Waals surface area contributed by atoms with Crippen LogP contribution in [0.15, 0.2) is 36.4 Å². The van der Waals surface area contributed by atoms with Crippen molar-refractivity contribution >= 4 is 5.91 Å². The van der Waals surface area contributed by atoms with E-state index in [9.17, 15) is 4.79 Å². The Labute approximate surface area is 99.1 Å². The normalized spacial score (nSPS) is 10.9. The summed E-state index contributed by atoms with van der Waals surface area (Å²) < 4.78 is 0. The average molecular weight is 221 g/mol. The van der Waals surface area contributed by atoms with Crippen LogP contribution in [-0.2, 0) is 4.79 Å². The van der Waals surface area contributed by atoms with Gasteiger partial charge < -0.3 is 5.32 Å². The molecule has 0 heterocycles. The Bertz CT molecular complexity index is 232. The van der Waals surface area contributed by atoms with Crippen molar-refractivity contribution in [3.63, 3.8) is 0 Å². The van der Waals surface area contributed by atoms with E-state index in [-0.39, 0.29) is 5.91 Å². The first-order valence-corrected chi connectivity index (χ1v) is 6.00. The number of benzene rings is 1. The molecular weight excluding hydrogens is 198 g/mol. The highest BCUT2D eigenvalue weighted by atomic mass is 16.1. The number of carbonyl (C=O) groups is 1. The van der Waals surface area contributed by atoms with Gasteiger partial charge in [0.1, 0.15) is 0 Å². The second kappa shape index (κ2) is 10.2. The van der Waals surface area contributed by atoms with Gasteiger partial charge in [-0.2, -0.15) is 0 Å². The smallest absolute Gasteiger partial charge is 0.219 e. The first-order valence-electron chi connectivity index (χ1n) is 6.00. The van der Waals surface area contributed by atoms with E-state index in [1.807, 2.05) is 50.2 Å². The van der Waals surface area contributed by atoms with E-state index in [4.69, 9.17) is 0 Å². The van der Waals surface area contributed by atoms with Gasteiger partial charge in [-0.05, 0) is 13.3 Å². The van der Waals surface area contributed by atoms with Crippen LogP contribution in [0.5, 0.6) is 0 Å². The average Bonchev–Trinajstić information content (AvgIpc) is 2.32. The van der Waals surface area contributed by atoms with Gasteiger partial charge in [0.15, 0.2) is 0 Å². The summed E-state index contributed by atoms with van der Waals surface area (Å²) in [4.78, 5) is 10.8. The molecule has 0 spiro atoms. The molecule has 1 amide bonds. The number of amides is 1. The molecule has 2 nitrogen and oxygen atoms in total. The number of hydrogen-bond acceptors (Lipinski definition) is 1. The van der Waals surface area contributed by atoms with Gasteiger partial charge in [-0.15, -0.1) is 0 Å². The molecule has 0 aliphatic rings. The van der Waals surface area contributed by atoms with E-state index >= 15 is 0 Å². The van der Waals surface area contributed by atoms with Crippen molar-refractivity contribution in [3.8, 4) is 0 Å². The standard InChI is InChI=1S/C8H17NO.C6H6/c1-4-6-7(3)9-8(10)5-2;1-2-4-6-5-3-1/h7H,4-6H2,1-3H3,(H,9,10);1-6H. The molecule has 0 aromatic heterocycles. The fraction of sp³-hybridized carbons (Fsp3) is 0.500. The monoisotopic (exact) mass is 221 g/mol. The quantitative estimate of drug-likeness (QED) is 0.829. The maximum Gasteiger partial charge on any atom is 0.219 e. The molecule has 0 aliphatic carbocycles. The molecule has 90 valence electrons. The molecule has 1 N–H and O–H groups in total. The third kappa shape index (κ3) is 9.25. The predicted octanol–water partition coefficient (Wildman–Crippen LogP) is 3.39. The summed E-state index contributed by atoms with van der Waals surface area (Å²) in [5.41, 5.74) is 0. The van der Waals surface area contributed by atoms with Crippen LogP contribution in [0.4, 0.5) is 0 Å². The fourth-order valence-electron chi connectivity index (χ4n) is 1.27. The summed E-state index contributed by atoms with van der Waals surface area (Å²) in [6.45, 7) is 6.03. The lowest BCUT2D eigenvalue weighted by Gasteiger charge is -2.10. The van der Waals surface area contributed by atoms with E-state index in [1.165, 1.54) is 0 Å². The minimum atomic E-state index is 0.154. The molecule has 0 radical (unpaired) electrons. The molecule has 1 rings (SSSR count). The number of hydrogen-bond donors (Lipinski definition) is 1. The highest BCUT2D eigenvalue weighted by molar-refractivity contribution is 5.75. The minimum Gasteiger partial charge on any atom is -0.354 e. The lowest BCUT2D eigenvalue weighted by Crippen LogP contribution is -2.31. The Morgan fingerprint density at radius 3 is 1.81 bits per heavy atom. The molecule has 0 aliphatic heterocycles. The van der Waals surface area contributed by atoms with E-state index in [0.29, 0.717) is 12.5 Å². The molecule has 0 bridgehead atoms. The Balaban J connectivity index is 0.000000315. The van der Waals surface area contributed by atoms with Crippen LogP contribution in [0, 0.1) is 0 Å². The Morgan fingerprint density at radius 1 is 1.06 bits per heavy atom. The topological polar surface area (TPSA) is 29.1 Å². The zero-order valence-electron chi connectivity index (χ0n) is 10.6. The van der Waals surface area contributed by atoms with Crippen LogP contribution < -0.4 is 5.32 Å². The third-order valence-corrected chi connectivity index (χ3v) is 2.12. The number of carbonyl (C=O) groups excluding carboxylic acids is 1. The molecule has 1 aromatic rings. The molecule has 0 saturated heterocycles. The Kier molecular flexibility index (Phi) is 9.38. The van der Waals surface area contributed by atoms with Crippen molar-refractivity contribution in [1.29, 1.82) is 0 Å². The van der Waals surface area contributed by atoms with Gasteiger partial charge >= 0.3 is 0 Å². The van der Waals surface area contributed by atoms with Crippen LogP contribution in [-0.4, -0.2) is 11.9 Å². The SMILES string of the molecule is CCCC(C)NC(=O)CC.c1ccccc1. The second-order valence-corrected chi connectivity index (χ2v) is 3.77. The number of nitrogens with one attached hydrogen (secondary N) is 1. The number of rotatable bonds is 4. The minimum absolute atomic E-state index is 0.154. The fourth-order valence-corrected chi connectivity index (χ4v) is 1.27. The van der Waals surface area contributed by atoms with Gasteiger partial charge in [-0.3, -0.25) is 4.79 Å². The highest BCUT2D eigenvalue weighted by Gasteiger charge is 2.02. The van der Waals surface area contributed by atoms with Gasteiger partial charge in [0.2, 0.25) is 5.91 Å². The molecule has 1 unspecified atom stereocenters. The Hall–Kier alpha value is -1.31. The third-order valence-electron chi connectivity index (χ3n) is 2.12. The van der Waals surface area contributed by atoms with E-state index < -0.39 is 0 Å². The van der Waals surface area contributed by atoms with E-state index in [0.717, 1.165) is 12.8 Å². The summed E-state index contributed by atoms with van der Waals surface area (Å²) in [6.07, 6.45) is 2.80. The van der Waals surface area contributed by atoms with Crippen LogP contribution >= 0.6 is 0 Å². The second-order valence-electron chi connectivity index (χ2n) is 3.77. The summed E-state index contributed by atoms with van der Waals surface area (Å²) in [5.74, 6) is 0.154. The van der Waals surface area contributed by atoms with Gasteiger partial charge in [0.05, 0.1) is 0 Å². The maximum atomic E-state index is 10.8.